The number of fused-ring (bicyclic) bond motifs is 2. The third kappa shape index (κ3) is 4.29. The summed E-state index contributed by atoms with van der Waals surface area (Å²) in [4.78, 5) is 57.1. The molecular formula is C26H22BrN3O6S2. The van der Waals surface area contributed by atoms with Gasteiger partial charge < -0.3 is 14.7 Å². The number of ether oxygens (including phenoxy) is 1. The molecule has 3 amide bonds. The summed E-state index contributed by atoms with van der Waals surface area (Å²) in [5, 5.41) is 9.65. The van der Waals surface area contributed by atoms with E-state index in [2.05, 4.69) is 15.9 Å². The van der Waals surface area contributed by atoms with E-state index in [-0.39, 0.29) is 34.9 Å². The molecule has 12 heteroatoms. The maximum Gasteiger partial charge on any atom is 0.308 e. The molecule has 0 saturated carbocycles. The van der Waals surface area contributed by atoms with E-state index in [1.54, 1.807) is 41.3 Å². The number of rotatable bonds is 4. The zero-order valence-corrected chi connectivity index (χ0v) is 23.1. The third-order valence-corrected chi connectivity index (χ3v) is 10.2. The summed E-state index contributed by atoms with van der Waals surface area (Å²) in [5.74, 6) is -2.13. The van der Waals surface area contributed by atoms with Crippen molar-refractivity contribution in [1.29, 1.82) is 0 Å². The SMILES string of the molecule is O=C(Cn1c2c(sc1=O)[C@@H](c1ccc(O)cc1)[C@H]1C(=O)N(c3ccc(Br)cc3)C(=O)[C@H]1S2)N1CCOCC1. The molecule has 0 unspecified atom stereocenters. The lowest BCUT2D eigenvalue weighted by molar-refractivity contribution is -0.136. The lowest BCUT2D eigenvalue weighted by atomic mass is 9.83. The van der Waals surface area contributed by atoms with Gasteiger partial charge in [0.2, 0.25) is 17.7 Å². The predicted octanol–water partition coefficient (Wildman–Crippen LogP) is 3.03. The maximum atomic E-state index is 13.8. The molecule has 2 aromatic carbocycles. The Kier molecular flexibility index (Phi) is 6.67. The number of benzene rings is 2. The number of thioether (sulfide) groups is 1. The average Bonchev–Trinajstić information content (AvgIpc) is 3.36. The number of carbonyl (C=O) groups is 3. The lowest BCUT2D eigenvalue weighted by Crippen LogP contribution is -2.43. The van der Waals surface area contributed by atoms with Crippen LogP contribution in [0.25, 0.3) is 0 Å². The Morgan fingerprint density at radius 3 is 2.37 bits per heavy atom. The molecule has 2 saturated heterocycles. The number of phenolic OH excluding ortho intramolecular Hbond substituents is 1. The molecule has 9 nitrogen and oxygen atoms in total. The average molecular weight is 617 g/mol. The molecule has 38 heavy (non-hydrogen) atoms. The highest BCUT2D eigenvalue weighted by Crippen LogP contribution is 2.54. The van der Waals surface area contributed by atoms with Crippen LogP contribution in [0.3, 0.4) is 0 Å². The van der Waals surface area contributed by atoms with Crippen LogP contribution in [0, 0.1) is 5.92 Å². The van der Waals surface area contributed by atoms with E-state index in [0.29, 0.717) is 47.5 Å². The molecule has 3 aliphatic heterocycles. The first-order chi connectivity index (χ1) is 18.3. The number of halogens is 1. The quantitative estimate of drug-likeness (QED) is 0.449. The van der Waals surface area contributed by atoms with E-state index < -0.39 is 17.1 Å². The van der Waals surface area contributed by atoms with Crippen molar-refractivity contribution < 1.29 is 24.2 Å². The van der Waals surface area contributed by atoms with Crippen molar-refractivity contribution >= 4 is 62.4 Å². The number of imide groups is 1. The van der Waals surface area contributed by atoms with Crippen LogP contribution in [0.1, 0.15) is 16.4 Å². The largest absolute Gasteiger partial charge is 0.508 e. The topological polar surface area (TPSA) is 109 Å². The highest BCUT2D eigenvalue weighted by molar-refractivity contribution is 9.10. The summed E-state index contributed by atoms with van der Waals surface area (Å²) in [6.07, 6.45) is 0. The van der Waals surface area contributed by atoms with E-state index >= 15 is 0 Å². The number of nitrogens with zero attached hydrogens (tertiary/aromatic N) is 3. The van der Waals surface area contributed by atoms with Crippen LogP contribution < -0.4 is 9.77 Å². The van der Waals surface area contributed by atoms with E-state index in [1.165, 1.54) is 33.4 Å². The number of hydrogen-bond donors (Lipinski definition) is 1. The van der Waals surface area contributed by atoms with Crippen LogP contribution in [0.4, 0.5) is 5.69 Å². The van der Waals surface area contributed by atoms with Gasteiger partial charge in [-0.3, -0.25) is 23.7 Å². The Bertz CT molecular complexity index is 1480. The molecule has 3 aliphatic rings. The van der Waals surface area contributed by atoms with Crippen molar-refractivity contribution in [3.05, 3.63) is 73.1 Å². The normalized spacial score (nSPS) is 22.9. The number of morpholine rings is 1. The first-order valence-electron chi connectivity index (χ1n) is 12.0. The van der Waals surface area contributed by atoms with E-state index in [0.717, 1.165) is 15.8 Å². The second-order valence-corrected chi connectivity index (χ2v) is 12.3. The highest BCUT2D eigenvalue weighted by Gasteiger charge is 2.56. The van der Waals surface area contributed by atoms with Crippen LogP contribution in [0.5, 0.6) is 5.75 Å². The molecule has 6 rings (SSSR count). The molecule has 0 aliphatic carbocycles. The summed E-state index contributed by atoms with van der Waals surface area (Å²) in [5.41, 5.74) is 1.19. The molecule has 1 aromatic heterocycles. The van der Waals surface area contributed by atoms with Crippen molar-refractivity contribution in [3.8, 4) is 5.75 Å². The Hall–Kier alpha value is -2.93. The van der Waals surface area contributed by atoms with E-state index in [9.17, 15) is 24.3 Å². The van der Waals surface area contributed by atoms with Gasteiger partial charge in [-0.15, -0.1) is 0 Å². The van der Waals surface area contributed by atoms with Gasteiger partial charge in [0.1, 0.15) is 17.5 Å². The van der Waals surface area contributed by atoms with Gasteiger partial charge in [0.25, 0.3) is 0 Å². The molecule has 2 fully saturated rings. The maximum absolute atomic E-state index is 13.8. The standard InChI is InChI=1S/C26H22BrN3O6S2/c27-15-3-5-16(6-4-15)30-23(33)20-19(14-1-7-17(31)8-2-14)22-25(37-21(20)24(30)34)29(26(35)38-22)13-18(32)28-9-11-36-12-10-28/h1-8,19-21,31H,9-13H2/t19-,20+,21-/m0/s1. The highest BCUT2D eigenvalue weighted by atomic mass is 79.9. The van der Waals surface area contributed by atoms with Crippen molar-refractivity contribution in [1.82, 2.24) is 9.47 Å². The zero-order valence-electron chi connectivity index (χ0n) is 19.9. The van der Waals surface area contributed by atoms with Gasteiger partial charge in [-0.25, -0.2) is 4.90 Å². The molecule has 4 heterocycles. The summed E-state index contributed by atoms with van der Waals surface area (Å²) in [6, 6.07) is 13.5. The van der Waals surface area contributed by atoms with Crippen LogP contribution in [0.2, 0.25) is 0 Å². The summed E-state index contributed by atoms with van der Waals surface area (Å²) in [7, 11) is 0. The van der Waals surface area contributed by atoms with E-state index in [1.807, 2.05) is 0 Å². The van der Waals surface area contributed by atoms with Gasteiger partial charge in [0.15, 0.2) is 0 Å². The molecule has 0 bridgehead atoms. The van der Waals surface area contributed by atoms with Crippen molar-refractivity contribution in [2.45, 2.75) is 22.7 Å². The number of phenols is 1. The lowest BCUT2D eigenvalue weighted by Gasteiger charge is -2.31. The van der Waals surface area contributed by atoms with Gasteiger partial charge >= 0.3 is 4.87 Å². The second kappa shape index (κ2) is 9.99. The summed E-state index contributed by atoms with van der Waals surface area (Å²) < 4.78 is 7.60. The van der Waals surface area contributed by atoms with Crippen molar-refractivity contribution in [2.24, 2.45) is 5.92 Å². The van der Waals surface area contributed by atoms with Gasteiger partial charge in [-0.1, -0.05) is 51.2 Å². The Morgan fingerprint density at radius 2 is 1.68 bits per heavy atom. The third-order valence-electron chi connectivity index (χ3n) is 7.04. The van der Waals surface area contributed by atoms with E-state index in [4.69, 9.17) is 4.74 Å². The molecule has 1 N–H and O–H groups in total. The van der Waals surface area contributed by atoms with Gasteiger partial charge in [0.05, 0.1) is 29.8 Å². The number of carbonyl (C=O) groups excluding carboxylic acids is 3. The Balaban J connectivity index is 1.43. The van der Waals surface area contributed by atoms with Crippen molar-refractivity contribution in [3.63, 3.8) is 0 Å². The van der Waals surface area contributed by atoms with Gasteiger partial charge in [0, 0.05) is 28.4 Å². The summed E-state index contributed by atoms with van der Waals surface area (Å²) in [6.45, 7) is 1.68. The minimum atomic E-state index is -0.767. The number of thiazole rings is 1. The van der Waals surface area contributed by atoms with Gasteiger partial charge in [-0.2, -0.15) is 0 Å². The first kappa shape index (κ1) is 25.4. The molecular weight excluding hydrogens is 594 g/mol. The number of aromatic nitrogens is 1. The minimum Gasteiger partial charge on any atom is -0.508 e. The Labute approximate surface area is 234 Å². The summed E-state index contributed by atoms with van der Waals surface area (Å²) >= 11 is 5.58. The molecule has 0 spiro atoms. The first-order valence-corrected chi connectivity index (χ1v) is 14.5. The van der Waals surface area contributed by atoms with Gasteiger partial charge in [-0.05, 0) is 42.0 Å². The zero-order chi connectivity index (χ0) is 26.6. The Morgan fingerprint density at radius 1 is 1.00 bits per heavy atom. The van der Waals surface area contributed by atoms with Crippen LogP contribution in [-0.4, -0.2) is 63.8 Å². The van der Waals surface area contributed by atoms with Crippen LogP contribution in [-0.2, 0) is 25.7 Å². The van der Waals surface area contributed by atoms with Crippen molar-refractivity contribution in [2.75, 3.05) is 31.2 Å². The fourth-order valence-electron chi connectivity index (χ4n) is 5.19. The fourth-order valence-corrected chi connectivity index (χ4v) is 8.23. The molecule has 3 atom stereocenters. The number of amides is 3. The number of aromatic hydroxyl groups is 1. The second-order valence-electron chi connectivity index (χ2n) is 9.24. The smallest absolute Gasteiger partial charge is 0.308 e. The van der Waals surface area contributed by atoms with Crippen LogP contribution in [0.15, 0.2) is 62.8 Å². The number of hydrogen-bond acceptors (Lipinski definition) is 8. The van der Waals surface area contributed by atoms with Crippen LogP contribution >= 0.6 is 39.0 Å². The molecule has 0 radical (unpaired) electrons. The fraction of sp³-hybridized carbons (Fsp3) is 0.308. The number of anilines is 1. The minimum absolute atomic E-state index is 0.0721. The molecule has 3 aromatic rings. The molecule has 196 valence electrons. The predicted molar refractivity (Wildman–Crippen MR) is 146 cm³/mol. The monoisotopic (exact) mass is 615 g/mol.